The Morgan fingerprint density at radius 2 is 2.19 bits per heavy atom. The van der Waals surface area contributed by atoms with Gasteiger partial charge in [-0.3, -0.25) is 9.48 Å². The third-order valence-electron chi connectivity index (χ3n) is 4.69. The molecular weight excluding hydrogens is 333 g/mol. The fourth-order valence-corrected chi connectivity index (χ4v) is 3.10. The first kappa shape index (κ1) is 16.5. The molecule has 1 fully saturated rings. The monoisotopic (exact) mass is 353 g/mol. The topological polar surface area (TPSA) is 64.7 Å². The van der Waals surface area contributed by atoms with E-state index < -0.39 is 0 Å². The van der Waals surface area contributed by atoms with E-state index >= 15 is 0 Å². The molecule has 26 heavy (non-hydrogen) atoms. The van der Waals surface area contributed by atoms with Gasteiger partial charge >= 0.3 is 0 Å². The minimum atomic E-state index is -0.312. The van der Waals surface area contributed by atoms with Gasteiger partial charge in [0.1, 0.15) is 18.2 Å². The normalized spacial score (nSPS) is 15.0. The Bertz CT molecular complexity index is 927. The van der Waals surface area contributed by atoms with Crippen molar-refractivity contribution in [2.45, 2.75) is 32.4 Å². The van der Waals surface area contributed by atoms with Crippen LogP contribution in [0.2, 0.25) is 0 Å². The van der Waals surface area contributed by atoms with Gasteiger partial charge in [0.15, 0.2) is 0 Å². The molecule has 0 radical (unpaired) electrons. The maximum absolute atomic E-state index is 13.3. The SMILES string of the molecule is CC(C1CC1)n1nccc1NC(=O)Cn1ccc(-c2cccc(F)c2)n1. The molecule has 4 rings (SSSR count). The second-order valence-corrected chi connectivity index (χ2v) is 6.70. The lowest BCUT2D eigenvalue weighted by molar-refractivity contribution is -0.116. The van der Waals surface area contributed by atoms with Crippen LogP contribution in [0.4, 0.5) is 10.2 Å². The second-order valence-electron chi connectivity index (χ2n) is 6.70. The summed E-state index contributed by atoms with van der Waals surface area (Å²) < 4.78 is 16.8. The number of hydrogen-bond acceptors (Lipinski definition) is 3. The summed E-state index contributed by atoms with van der Waals surface area (Å²) in [6.07, 6.45) is 5.84. The zero-order valence-electron chi connectivity index (χ0n) is 14.5. The molecule has 0 aliphatic heterocycles. The summed E-state index contributed by atoms with van der Waals surface area (Å²) in [5, 5.41) is 11.6. The van der Waals surface area contributed by atoms with E-state index in [2.05, 4.69) is 22.4 Å². The highest BCUT2D eigenvalue weighted by Gasteiger charge is 2.30. The lowest BCUT2D eigenvalue weighted by atomic mass is 10.1. The van der Waals surface area contributed by atoms with Gasteiger partial charge in [-0.1, -0.05) is 12.1 Å². The van der Waals surface area contributed by atoms with E-state index in [1.54, 1.807) is 41.3 Å². The minimum absolute atomic E-state index is 0.0817. The molecule has 1 N–H and O–H groups in total. The minimum Gasteiger partial charge on any atom is -0.309 e. The van der Waals surface area contributed by atoms with Crippen molar-refractivity contribution < 1.29 is 9.18 Å². The van der Waals surface area contributed by atoms with E-state index in [1.807, 2.05) is 4.68 Å². The van der Waals surface area contributed by atoms with Crippen LogP contribution in [0.15, 0.2) is 48.8 Å². The highest BCUT2D eigenvalue weighted by Crippen LogP contribution is 2.40. The van der Waals surface area contributed by atoms with Crippen molar-refractivity contribution >= 4 is 11.7 Å². The molecule has 0 spiro atoms. The molecule has 2 aromatic heterocycles. The lowest BCUT2D eigenvalue weighted by Crippen LogP contribution is -2.22. The predicted octanol–water partition coefficient (Wildman–Crippen LogP) is 3.50. The zero-order chi connectivity index (χ0) is 18.1. The predicted molar refractivity (Wildman–Crippen MR) is 95.9 cm³/mol. The van der Waals surface area contributed by atoms with E-state index in [-0.39, 0.29) is 24.3 Å². The molecule has 7 heteroatoms. The summed E-state index contributed by atoms with van der Waals surface area (Å²) in [7, 11) is 0. The smallest absolute Gasteiger partial charge is 0.247 e. The van der Waals surface area contributed by atoms with Gasteiger partial charge in [-0.15, -0.1) is 0 Å². The number of hydrogen-bond donors (Lipinski definition) is 1. The molecule has 1 saturated carbocycles. The van der Waals surface area contributed by atoms with E-state index in [4.69, 9.17) is 0 Å². The Hall–Kier alpha value is -2.96. The van der Waals surface area contributed by atoms with E-state index in [0.29, 0.717) is 23.0 Å². The highest BCUT2D eigenvalue weighted by atomic mass is 19.1. The number of benzene rings is 1. The summed E-state index contributed by atoms with van der Waals surface area (Å²) in [4.78, 5) is 12.4. The molecule has 0 saturated heterocycles. The van der Waals surface area contributed by atoms with Gasteiger partial charge in [-0.05, 0) is 43.9 Å². The summed E-state index contributed by atoms with van der Waals surface area (Å²) in [5.41, 5.74) is 1.31. The fraction of sp³-hybridized carbons (Fsp3) is 0.316. The summed E-state index contributed by atoms with van der Waals surface area (Å²) >= 11 is 0. The van der Waals surface area contributed by atoms with E-state index in [1.165, 1.54) is 25.0 Å². The standard InChI is InChI=1S/C19H20FN5O/c1-13(14-5-6-14)25-18(7-9-21-25)22-19(26)12-24-10-8-17(23-24)15-3-2-4-16(20)11-15/h2-4,7-11,13-14H,5-6,12H2,1H3,(H,22,26). The number of halogens is 1. The fourth-order valence-electron chi connectivity index (χ4n) is 3.10. The van der Waals surface area contributed by atoms with Crippen LogP contribution in [0.25, 0.3) is 11.3 Å². The van der Waals surface area contributed by atoms with E-state index in [0.717, 1.165) is 0 Å². The lowest BCUT2D eigenvalue weighted by Gasteiger charge is -2.15. The van der Waals surface area contributed by atoms with Crippen LogP contribution < -0.4 is 5.32 Å². The van der Waals surface area contributed by atoms with Gasteiger partial charge < -0.3 is 5.32 Å². The van der Waals surface area contributed by atoms with Crippen molar-refractivity contribution in [1.82, 2.24) is 19.6 Å². The zero-order valence-corrected chi connectivity index (χ0v) is 14.5. The average molecular weight is 353 g/mol. The number of rotatable bonds is 6. The van der Waals surface area contributed by atoms with Gasteiger partial charge in [0, 0.05) is 17.8 Å². The molecule has 1 amide bonds. The number of nitrogens with zero attached hydrogens (tertiary/aromatic N) is 4. The van der Waals surface area contributed by atoms with Crippen molar-refractivity contribution in [3.63, 3.8) is 0 Å². The molecule has 1 aliphatic carbocycles. The van der Waals surface area contributed by atoms with Crippen molar-refractivity contribution in [3.8, 4) is 11.3 Å². The highest BCUT2D eigenvalue weighted by molar-refractivity contribution is 5.89. The molecular formula is C19H20FN5O. The number of anilines is 1. The van der Waals surface area contributed by atoms with Crippen molar-refractivity contribution in [3.05, 3.63) is 54.6 Å². The third-order valence-corrected chi connectivity index (χ3v) is 4.69. The molecule has 3 aromatic rings. The quantitative estimate of drug-likeness (QED) is 0.738. The Kier molecular flexibility index (Phi) is 4.28. The number of nitrogens with one attached hydrogen (secondary N) is 1. The Morgan fingerprint density at radius 1 is 1.35 bits per heavy atom. The average Bonchev–Trinajstić information content (AvgIpc) is 3.20. The first-order chi connectivity index (χ1) is 12.6. The third kappa shape index (κ3) is 3.51. The molecule has 1 aromatic carbocycles. The number of carbonyl (C=O) groups is 1. The Labute approximate surface area is 150 Å². The maximum Gasteiger partial charge on any atom is 0.247 e. The van der Waals surface area contributed by atoms with Crippen LogP contribution in [0.3, 0.4) is 0 Å². The summed E-state index contributed by atoms with van der Waals surface area (Å²) in [6.45, 7) is 2.21. The van der Waals surface area contributed by atoms with Crippen molar-refractivity contribution in [2.24, 2.45) is 5.92 Å². The number of carbonyl (C=O) groups excluding carboxylic acids is 1. The van der Waals surface area contributed by atoms with Gasteiger partial charge in [0.05, 0.1) is 17.9 Å². The molecule has 1 aliphatic rings. The summed E-state index contributed by atoms with van der Waals surface area (Å²) in [6, 6.07) is 10.1. The van der Waals surface area contributed by atoms with Crippen LogP contribution in [0.5, 0.6) is 0 Å². The number of aromatic nitrogens is 4. The number of amides is 1. The van der Waals surface area contributed by atoms with Crippen molar-refractivity contribution in [2.75, 3.05) is 5.32 Å². The first-order valence-corrected chi connectivity index (χ1v) is 8.73. The molecule has 0 bridgehead atoms. The Balaban J connectivity index is 1.42. The van der Waals surface area contributed by atoms with Gasteiger partial charge in [0.2, 0.25) is 5.91 Å². The van der Waals surface area contributed by atoms with Crippen LogP contribution >= 0.6 is 0 Å². The van der Waals surface area contributed by atoms with Crippen LogP contribution in [-0.4, -0.2) is 25.5 Å². The van der Waals surface area contributed by atoms with Crippen LogP contribution in [0, 0.1) is 11.7 Å². The van der Waals surface area contributed by atoms with Gasteiger partial charge in [0.25, 0.3) is 0 Å². The molecule has 1 atom stereocenters. The van der Waals surface area contributed by atoms with Gasteiger partial charge in [-0.2, -0.15) is 10.2 Å². The maximum atomic E-state index is 13.3. The molecule has 134 valence electrons. The molecule has 6 nitrogen and oxygen atoms in total. The molecule has 1 unspecified atom stereocenters. The van der Waals surface area contributed by atoms with Crippen LogP contribution in [-0.2, 0) is 11.3 Å². The second kappa shape index (κ2) is 6.74. The molecule has 2 heterocycles. The summed E-state index contributed by atoms with van der Waals surface area (Å²) in [5.74, 6) is 0.855. The largest absolute Gasteiger partial charge is 0.309 e. The van der Waals surface area contributed by atoms with Gasteiger partial charge in [-0.25, -0.2) is 9.07 Å². The van der Waals surface area contributed by atoms with E-state index in [9.17, 15) is 9.18 Å². The van der Waals surface area contributed by atoms with Crippen molar-refractivity contribution in [1.29, 1.82) is 0 Å². The Morgan fingerprint density at radius 3 is 2.96 bits per heavy atom. The first-order valence-electron chi connectivity index (χ1n) is 8.73. The van der Waals surface area contributed by atoms with Crippen LogP contribution in [0.1, 0.15) is 25.8 Å².